The topological polar surface area (TPSA) is 85.8 Å². The van der Waals surface area contributed by atoms with E-state index < -0.39 is 0 Å². The van der Waals surface area contributed by atoms with Crippen LogP contribution in [-0.2, 0) is 0 Å². The Morgan fingerprint density at radius 2 is 2.18 bits per heavy atom. The van der Waals surface area contributed by atoms with Crippen molar-refractivity contribution in [3.8, 4) is 0 Å². The molecule has 0 radical (unpaired) electrons. The van der Waals surface area contributed by atoms with E-state index in [1.165, 1.54) is 11.8 Å². The van der Waals surface area contributed by atoms with Crippen LogP contribution >= 0.6 is 28.7 Å². The third-order valence-corrected chi connectivity index (χ3v) is 1.39. The molecule has 5 N–H and O–H groups in total. The van der Waals surface area contributed by atoms with Crippen molar-refractivity contribution >= 4 is 39.9 Å². The molecule has 0 aliphatic heterocycles. The summed E-state index contributed by atoms with van der Waals surface area (Å²) in [6.45, 7) is 3.48. The Labute approximate surface area is 80.4 Å². The van der Waals surface area contributed by atoms with Gasteiger partial charge in [-0.05, 0) is 0 Å². The summed E-state index contributed by atoms with van der Waals surface area (Å²) in [7, 11) is 0. The summed E-state index contributed by atoms with van der Waals surface area (Å²) in [5, 5.41) is 16.4. The van der Waals surface area contributed by atoms with Crippen LogP contribution in [0.5, 0.6) is 0 Å². The highest BCUT2D eigenvalue weighted by atomic mass is 79.9. The molecule has 0 unspecified atom stereocenters. The largest absolute Gasteiger partial charge is 0.370 e. The number of halogens is 1. The monoisotopic (exact) mass is 238 g/mol. The van der Waals surface area contributed by atoms with Crippen molar-refractivity contribution in [2.24, 2.45) is 5.73 Å². The zero-order chi connectivity index (χ0) is 7.98. The molecular formula is C5H11BrN4S. The van der Waals surface area contributed by atoms with Crippen molar-refractivity contribution in [2.75, 3.05) is 5.75 Å². The van der Waals surface area contributed by atoms with E-state index in [1.807, 2.05) is 0 Å². The highest BCUT2D eigenvalue weighted by Gasteiger charge is 1.94. The van der Waals surface area contributed by atoms with Gasteiger partial charge in [0.2, 0.25) is 0 Å². The molecular weight excluding hydrogens is 228 g/mol. The van der Waals surface area contributed by atoms with Gasteiger partial charge in [0, 0.05) is 5.75 Å². The second-order valence-corrected chi connectivity index (χ2v) is 2.50. The maximum Gasteiger partial charge on any atom is 0.191 e. The standard InChI is InChI=1S/C5H10N4S.BrH/c1-2-3-10-5(8)9-4(6)7;/h2H,1,3H2,(H5,6,7,8,9);1H. The van der Waals surface area contributed by atoms with Crippen molar-refractivity contribution in [2.45, 2.75) is 0 Å². The first-order valence-electron chi connectivity index (χ1n) is 2.60. The zero-order valence-electron chi connectivity index (χ0n) is 5.89. The lowest BCUT2D eigenvalue weighted by Gasteiger charge is -2.01. The molecule has 0 aromatic heterocycles. The average molecular weight is 239 g/mol. The van der Waals surface area contributed by atoms with Crippen LogP contribution in [0, 0.1) is 10.8 Å². The van der Waals surface area contributed by atoms with E-state index in [1.54, 1.807) is 6.08 Å². The van der Waals surface area contributed by atoms with E-state index in [0.717, 1.165) is 0 Å². The Kier molecular flexibility index (Phi) is 9.09. The third kappa shape index (κ3) is 9.51. The summed E-state index contributed by atoms with van der Waals surface area (Å²) in [6, 6.07) is 0. The molecule has 4 nitrogen and oxygen atoms in total. The van der Waals surface area contributed by atoms with Crippen LogP contribution in [0.25, 0.3) is 0 Å². The minimum atomic E-state index is -0.207. The molecule has 0 spiro atoms. The summed E-state index contributed by atoms with van der Waals surface area (Å²) < 4.78 is 0. The third-order valence-electron chi connectivity index (χ3n) is 0.594. The number of nitrogens with one attached hydrogen (secondary N) is 3. The molecule has 11 heavy (non-hydrogen) atoms. The summed E-state index contributed by atoms with van der Waals surface area (Å²) in [4.78, 5) is 0. The number of thioether (sulfide) groups is 1. The van der Waals surface area contributed by atoms with Gasteiger partial charge >= 0.3 is 0 Å². The van der Waals surface area contributed by atoms with Crippen molar-refractivity contribution in [1.29, 1.82) is 10.8 Å². The van der Waals surface area contributed by atoms with Gasteiger partial charge in [-0.2, -0.15) is 0 Å². The molecule has 0 aliphatic rings. The number of nitrogens with two attached hydrogens (primary N) is 1. The SMILES string of the molecule is Br.C=CCSC(=N)NC(=N)N. The average Bonchev–Trinajstić information content (AvgIpc) is 1.82. The van der Waals surface area contributed by atoms with Crippen LogP contribution in [0.2, 0.25) is 0 Å². The summed E-state index contributed by atoms with van der Waals surface area (Å²) in [5.41, 5.74) is 4.96. The summed E-state index contributed by atoms with van der Waals surface area (Å²) in [5.74, 6) is 0.445. The van der Waals surface area contributed by atoms with Gasteiger partial charge in [0.15, 0.2) is 11.1 Å². The Morgan fingerprint density at radius 3 is 2.55 bits per heavy atom. The molecule has 0 saturated carbocycles. The number of hydrogen-bond donors (Lipinski definition) is 4. The fraction of sp³-hybridized carbons (Fsp3) is 0.200. The molecule has 0 aromatic carbocycles. The van der Waals surface area contributed by atoms with Gasteiger partial charge in [0.25, 0.3) is 0 Å². The predicted molar refractivity (Wildman–Crippen MR) is 55.8 cm³/mol. The van der Waals surface area contributed by atoms with E-state index in [4.69, 9.17) is 16.6 Å². The fourth-order valence-corrected chi connectivity index (χ4v) is 0.767. The van der Waals surface area contributed by atoms with Crippen molar-refractivity contribution in [1.82, 2.24) is 5.32 Å². The maximum atomic E-state index is 7.11. The van der Waals surface area contributed by atoms with E-state index in [9.17, 15) is 0 Å². The fourth-order valence-electron chi connectivity index (χ4n) is 0.301. The molecule has 0 aromatic rings. The van der Waals surface area contributed by atoms with Crippen LogP contribution in [0.4, 0.5) is 0 Å². The Morgan fingerprint density at radius 1 is 1.64 bits per heavy atom. The van der Waals surface area contributed by atoms with Gasteiger partial charge < -0.3 is 11.1 Å². The highest BCUT2D eigenvalue weighted by Crippen LogP contribution is 1.97. The lowest BCUT2D eigenvalue weighted by atomic mass is 10.8. The van der Waals surface area contributed by atoms with Gasteiger partial charge in [-0.3, -0.25) is 10.8 Å². The molecule has 0 aliphatic carbocycles. The van der Waals surface area contributed by atoms with Crippen LogP contribution < -0.4 is 11.1 Å². The van der Waals surface area contributed by atoms with Gasteiger partial charge in [0.1, 0.15) is 0 Å². The minimum absolute atomic E-state index is 0. The normalized spacial score (nSPS) is 7.64. The van der Waals surface area contributed by atoms with E-state index >= 15 is 0 Å². The number of hydrogen-bond acceptors (Lipinski definition) is 3. The smallest absolute Gasteiger partial charge is 0.191 e. The summed E-state index contributed by atoms with van der Waals surface area (Å²) >= 11 is 1.24. The Balaban J connectivity index is 0. The maximum absolute atomic E-state index is 7.11. The first-order valence-corrected chi connectivity index (χ1v) is 3.58. The number of guanidine groups is 1. The highest BCUT2D eigenvalue weighted by molar-refractivity contribution is 8.93. The quantitative estimate of drug-likeness (QED) is 0.328. The molecule has 0 fully saturated rings. The lowest BCUT2D eigenvalue weighted by molar-refractivity contribution is 1.24. The van der Waals surface area contributed by atoms with Crippen molar-refractivity contribution < 1.29 is 0 Å². The first kappa shape index (κ1) is 13.1. The van der Waals surface area contributed by atoms with Gasteiger partial charge in [-0.15, -0.1) is 23.6 Å². The molecule has 0 bridgehead atoms. The van der Waals surface area contributed by atoms with Crippen LogP contribution in [-0.4, -0.2) is 16.9 Å². The molecule has 0 heterocycles. The van der Waals surface area contributed by atoms with Crippen LogP contribution in [0.15, 0.2) is 12.7 Å². The van der Waals surface area contributed by atoms with Crippen molar-refractivity contribution in [3.05, 3.63) is 12.7 Å². The second kappa shape index (κ2) is 7.62. The van der Waals surface area contributed by atoms with Crippen LogP contribution in [0.3, 0.4) is 0 Å². The zero-order valence-corrected chi connectivity index (χ0v) is 8.41. The number of rotatable bonds is 2. The molecule has 64 valence electrons. The van der Waals surface area contributed by atoms with Gasteiger partial charge in [-0.25, -0.2) is 0 Å². The van der Waals surface area contributed by atoms with E-state index in [-0.39, 0.29) is 28.1 Å². The molecule has 0 atom stereocenters. The molecule has 6 heteroatoms. The second-order valence-electron chi connectivity index (χ2n) is 1.47. The lowest BCUT2D eigenvalue weighted by Crippen LogP contribution is -2.33. The predicted octanol–water partition coefficient (Wildman–Crippen LogP) is 0.901. The minimum Gasteiger partial charge on any atom is -0.370 e. The first-order chi connectivity index (χ1) is 4.66. The molecule has 0 saturated heterocycles. The van der Waals surface area contributed by atoms with Gasteiger partial charge in [-0.1, -0.05) is 17.8 Å². The van der Waals surface area contributed by atoms with Crippen molar-refractivity contribution in [3.63, 3.8) is 0 Å². The van der Waals surface area contributed by atoms with Crippen LogP contribution in [0.1, 0.15) is 0 Å². The number of amidine groups is 1. The van der Waals surface area contributed by atoms with E-state index in [0.29, 0.717) is 5.75 Å². The summed E-state index contributed by atoms with van der Waals surface area (Å²) in [6.07, 6.45) is 1.68. The van der Waals surface area contributed by atoms with E-state index in [2.05, 4.69) is 11.9 Å². The molecule has 0 rings (SSSR count). The molecule has 0 amide bonds. The Bertz CT molecular complexity index is 159. The Hall–Kier alpha value is -0.490. The van der Waals surface area contributed by atoms with Gasteiger partial charge in [0.05, 0.1) is 0 Å².